The molecule has 0 radical (unpaired) electrons. The van der Waals surface area contributed by atoms with Gasteiger partial charge in [0.15, 0.2) is 0 Å². The quantitative estimate of drug-likeness (QED) is 0.691. The van der Waals surface area contributed by atoms with Crippen LogP contribution in [0.1, 0.15) is 38.7 Å². The molecule has 2 atom stereocenters. The molecule has 0 saturated heterocycles. The van der Waals surface area contributed by atoms with Gasteiger partial charge in [-0.25, -0.2) is 13.6 Å². The summed E-state index contributed by atoms with van der Waals surface area (Å²) in [4.78, 5) is 12.3. The zero-order chi connectivity index (χ0) is 19.3. The van der Waals surface area contributed by atoms with Crippen molar-refractivity contribution < 1.29 is 13.2 Å². The molecule has 0 aliphatic rings. The van der Waals surface area contributed by atoms with Gasteiger partial charge in [-0.3, -0.25) is 4.79 Å². The first kappa shape index (κ1) is 19.9. The van der Waals surface area contributed by atoms with E-state index >= 15 is 0 Å². The van der Waals surface area contributed by atoms with Crippen molar-refractivity contribution in [2.75, 3.05) is 10.6 Å². The number of nitrogens with one attached hydrogen (secondary N) is 2. The van der Waals surface area contributed by atoms with Crippen LogP contribution in [0.2, 0.25) is 0 Å². The molecule has 0 spiro atoms. The normalized spacial score (nSPS) is 13.7. The van der Waals surface area contributed by atoms with Crippen LogP contribution in [0.5, 0.6) is 0 Å². The van der Waals surface area contributed by atoms with Crippen molar-refractivity contribution >= 4 is 27.3 Å². The second-order valence-corrected chi connectivity index (χ2v) is 7.92. The summed E-state index contributed by atoms with van der Waals surface area (Å²) in [5.41, 5.74) is 2.64. The van der Waals surface area contributed by atoms with E-state index in [2.05, 4.69) is 36.6 Å². The maximum atomic E-state index is 12.3. The van der Waals surface area contributed by atoms with Crippen molar-refractivity contribution in [2.24, 2.45) is 5.14 Å². The average molecular weight is 375 g/mol. The third-order valence-corrected chi connectivity index (χ3v) is 5.25. The Morgan fingerprint density at radius 2 is 1.54 bits per heavy atom. The first-order valence-electron chi connectivity index (χ1n) is 8.51. The molecular formula is C19H25N3O3S. The second-order valence-electron chi connectivity index (χ2n) is 6.36. The van der Waals surface area contributed by atoms with Gasteiger partial charge in [0.05, 0.1) is 4.90 Å². The van der Waals surface area contributed by atoms with Gasteiger partial charge in [-0.1, -0.05) is 26.0 Å². The van der Waals surface area contributed by atoms with E-state index < -0.39 is 16.1 Å². The second kappa shape index (κ2) is 8.33. The fourth-order valence-corrected chi connectivity index (χ4v) is 2.95. The summed E-state index contributed by atoms with van der Waals surface area (Å²) in [5, 5.41) is 11.0. The van der Waals surface area contributed by atoms with Crippen molar-refractivity contribution in [1.29, 1.82) is 0 Å². The number of hydrogen-bond donors (Lipinski definition) is 3. The molecule has 7 heteroatoms. The van der Waals surface area contributed by atoms with E-state index in [4.69, 9.17) is 5.14 Å². The minimum atomic E-state index is -3.74. The Morgan fingerprint density at radius 1 is 1.00 bits per heavy atom. The highest BCUT2D eigenvalue weighted by Gasteiger charge is 2.14. The Balaban J connectivity index is 1.97. The van der Waals surface area contributed by atoms with Crippen LogP contribution in [0.3, 0.4) is 0 Å². The molecule has 0 unspecified atom stereocenters. The summed E-state index contributed by atoms with van der Waals surface area (Å²) in [5.74, 6) is 0.282. The number of benzene rings is 2. The summed E-state index contributed by atoms with van der Waals surface area (Å²) in [7, 11) is -3.74. The number of carbonyl (C=O) groups is 1. The van der Waals surface area contributed by atoms with Gasteiger partial charge in [0.2, 0.25) is 15.9 Å². The lowest BCUT2D eigenvalue weighted by atomic mass is 9.98. The molecular weight excluding hydrogens is 350 g/mol. The predicted molar refractivity (Wildman–Crippen MR) is 105 cm³/mol. The molecule has 2 aromatic carbocycles. The monoisotopic (exact) mass is 375 g/mol. The van der Waals surface area contributed by atoms with Crippen LogP contribution < -0.4 is 15.8 Å². The SMILES string of the molecule is CC[C@H](C)c1ccc(N[C@@H](C)C(=O)Nc2ccc(S(N)(=O)=O)cc2)cc1. The van der Waals surface area contributed by atoms with Crippen molar-refractivity contribution in [3.63, 3.8) is 0 Å². The van der Waals surface area contributed by atoms with Gasteiger partial charge in [0.25, 0.3) is 0 Å². The van der Waals surface area contributed by atoms with Crippen molar-refractivity contribution in [2.45, 2.75) is 44.0 Å². The Labute approximate surface area is 154 Å². The first-order valence-corrected chi connectivity index (χ1v) is 10.1. The number of anilines is 2. The summed E-state index contributed by atoms with van der Waals surface area (Å²) >= 11 is 0. The molecule has 26 heavy (non-hydrogen) atoms. The Hall–Kier alpha value is -2.38. The molecule has 6 nitrogen and oxygen atoms in total. The molecule has 4 N–H and O–H groups in total. The van der Waals surface area contributed by atoms with E-state index in [1.165, 1.54) is 29.8 Å². The lowest BCUT2D eigenvalue weighted by molar-refractivity contribution is -0.116. The number of carbonyl (C=O) groups excluding carboxylic acids is 1. The fraction of sp³-hybridized carbons (Fsp3) is 0.316. The topological polar surface area (TPSA) is 101 Å². The number of amides is 1. The van der Waals surface area contributed by atoms with Crippen LogP contribution >= 0.6 is 0 Å². The predicted octanol–water partition coefficient (Wildman–Crippen LogP) is 3.29. The van der Waals surface area contributed by atoms with Gasteiger partial charge in [0.1, 0.15) is 6.04 Å². The summed E-state index contributed by atoms with van der Waals surface area (Å²) in [6.45, 7) is 6.09. The maximum Gasteiger partial charge on any atom is 0.246 e. The number of nitrogens with two attached hydrogens (primary N) is 1. The van der Waals surface area contributed by atoms with E-state index in [0.29, 0.717) is 11.6 Å². The first-order chi connectivity index (χ1) is 12.2. The summed E-state index contributed by atoms with van der Waals surface area (Å²) in [6.07, 6.45) is 1.08. The minimum absolute atomic E-state index is 0.00284. The van der Waals surface area contributed by atoms with Crippen LogP contribution in [0.4, 0.5) is 11.4 Å². The van der Waals surface area contributed by atoms with Gasteiger partial charge in [0, 0.05) is 11.4 Å². The van der Waals surface area contributed by atoms with E-state index in [0.717, 1.165) is 12.1 Å². The van der Waals surface area contributed by atoms with Crippen molar-refractivity contribution in [1.82, 2.24) is 0 Å². The largest absolute Gasteiger partial charge is 0.374 e. The van der Waals surface area contributed by atoms with Crippen LogP contribution in [-0.4, -0.2) is 20.4 Å². The zero-order valence-electron chi connectivity index (χ0n) is 15.2. The van der Waals surface area contributed by atoms with Crippen LogP contribution in [0.15, 0.2) is 53.4 Å². The average Bonchev–Trinajstić information content (AvgIpc) is 2.61. The van der Waals surface area contributed by atoms with Crippen molar-refractivity contribution in [3.05, 3.63) is 54.1 Å². The van der Waals surface area contributed by atoms with Crippen LogP contribution in [0, 0.1) is 0 Å². The van der Waals surface area contributed by atoms with Gasteiger partial charge < -0.3 is 10.6 Å². The highest BCUT2D eigenvalue weighted by atomic mass is 32.2. The summed E-state index contributed by atoms with van der Waals surface area (Å²) < 4.78 is 22.5. The zero-order valence-corrected chi connectivity index (χ0v) is 16.0. The third-order valence-electron chi connectivity index (χ3n) is 4.32. The molecule has 0 aliphatic carbocycles. The van der Waals surface area contributed by atoms with Crippen LogP contribution in [-0.2, 0) is 14.8 Å². The summed E-state index contributed by atoms with van der Waals surface area (Å²) in [6, 6.07) is 13.3. The number of hydrogen-bond acceptors (Lipinski definition) is 4. The Bertz CT molecular complexity index is 847. The Kier molecular flexibility index (Phi) is 6.39. The van der Waals surface area contributed by atoms with Crippen molar-refractivity contribution in [3.8, 4) is 0 Å². The molecule has 1 amide bonds. The van der Waals surface area contributed by atoms with E-state index in [1.54, 1.807) is 6.92 Å². The molecule has 0 saturated carbocycles. The van der Waals surface area contributed by atoms with Gasteiger partial charge in [-0.2, -0.15) is 0 Å². The highest BCUT2D eigenvalue weighted by molar-refractivity contribution is 7.89. The molecule has 0 aromatic heterocycles. The van der Waals surface area contributed by atoms with Crippen LogP contribution in [0.25, 0.3) is 0 Å². The lowest BCUT2D eigenvalue weighted by Gasteiger charge is -2.16. The number of rotatable bonds is 7. The smallest absolute Gasteiger partial charge is 0.246 e. The maximum absolute atomic E-state index is 12.3. The van der Waals surface area contributed by atoms with E-state index in [-0.39, 0.29) is 10.8 Å². The lowest BCUT2D eigenvalue weighted by Crippen LogP contribution is -2.31. The minimum Gasteiger partial charge on any atom is -0.374 e. The highest BCUT2D eigenvalue weighted by Crippen LogP contribution is 2.21. The molecule has 2 aromatic rings. The molecule has 0 aliphatic heterocycles. The molecule has 140 valence electrons. The fourth-order valence-electron chi connectivity index (χ4n) is 2.44. The molecule has 0 fully saturated rings. The third kappa shape index (κ3) is 5.31. The molecule has 2 rings (SSSR count). The van der Waals surface area contributed by atoms with E-state index in [1.807, 2.05) is 12.1 Å². The van der Waals surface area contributed by atoms with Gasteiger partial charge >= 0.3 is 0 Å². The van der Waals surface area contributed by atoms with E-state index in [9.17, 15) is 13.2 Å². The molecule has 0 bridgehead atoms. The molecule has 0 heterocycles. The number of sulfonamides is 1. The van der Waals surface area contributed by atoms with Gasteiger partial charge in [-0.05, 0) is 61.2 Å². The Morgan fingerprint density at radius 3 is 2.04 bits per heavy atom. The number of primary sulfonamides is 1. The van der Waals surface area contributed by atoms with Gasteiger partial charge in [-0.15, -0.1) is 0 Å². The standard InChI is InChI=1S/C19H25N3O3S/c1-4-13(2)15-5-7-16(8-6-15)21-14(3)19(23)22-17-9-11-18(12-10-17)26(20,24)25/h5-14,21H,4H2,1-3H3,(H,22,23)(H2,20,24,25)/t13-,14-/m0/s1.